The Bertz CT molecular complexity index is 474. The predicted molar refractivity (Wildman–Crippen MR) is 71.4 cm³/mol. The van der Waals surface area contributed by atoms with Crippen molar-refractivity contribution in [3.05, 3.63) is 5.82 Å². The van der Waals surface area contributed by atoms with Gasteiger partial charge in [0.05, 0.1) is 5.75 Å². The van der Waals surface area contributed by atoms with Gasteiger partial charge in [0.1, 0.15) is 15.7 Å². The highest BCUT2D eigenvalue weighted by Crippen LogP contribution is 2.23. The van der Waals surface area contributed by atoms with Crippen LogP contribution in [-0.4, -0.2) is 35.8 Å². The van der Waals surface area contributed by atoms with Gasteiger partial charge in [0.2, 0.25) is 5.13 Å². The smallest absolute Gasteiger partial charge is 0.202 e. The maximum Gasteiger partial charge on any atom is 0.202 e. The van der Waals surface area contributed by atoms with E-state index >= 15 is 0 Å². The second kappa shape index (κ2) is 4.89. The van der Waals surface area contributed by atoms with Crippen LogP contribution in [0.4, 0.5) is 5.13 Å². The molecule has 1 heterocycles. The molecule has 0 amide bonds. The van der Waals surface area contributed by atoms with E-state index in [1.54, 1.807) is 0 Å². The van der Waals surface area contributed by atoms with Crippen molar-refractivity contribution in [1.82, 2.24) is 9.36 Å². The number of nitrogens with one attached hydrogen (secondary N) is 1. The topological polar surface area (TPSA) is 72.0 Å². The zero-order valence-electron chi connectivity index (χ0n) is 10.8. The molecule has 0 aromatic carbocycles. The zero-order valence-corrected chi connectivity index (χ0v) is 12.4. The van der Waals surface area contributed by atoms with Crippen LogP contribution in [-0.2, 0) is 15.3 Å². The van der Waals surface area contributed by atoms with Crippen LogP contribution in [0.2, 0.25) is 0 Å². The fraction of sp³-hybridized carbons (Fsp3) is 0.800. The van der Waals surface area contributed by atoms with E-state index in [1.807, 2.05) is 27.7 Å². The van der Waals surface area contributed by atoms with Crippen LogP contribution < -0.4 is 5.32 Å². The maximum atomic E-state index is 11.1. The van der Waals surface area contributed by atoms with Crippen LogP contribution in [0.5, 0.6) is 0 Å². The lowest BCUT2D eigenvalue weighted by molar-refractivity contribution is 0.555. The van der Waals surface area contributed by atoms with Crippen LogP contribution in [0.3, 0.4) is 0 Å². The lowest BCUT2D eigenvalue weighted by Crippen LogP contribution is -2.25. The van der Waals surface area contributed by atoms with Gasteiger partial charge in [0, 0.05) is 29.2 Å². The molecule has 0 bridgehead atoms. The molecular formula is C10H19N3O2S2. The Morgan fingerprint density at radius 2 is 2.00 bits per heavy atom. The first-order chi connectivity index (χ1) is 7.58. The monoisotopic (exact) mass is 277 g/mol. The Kier molecular flexibility index (Phi) is 4.14. The van der Waals surface area contributed by atoms with Gasteiger partial charge in [-0.1, -0.05) is 20.8 Å². The molecule has 0 fully saturated rings. The van der Waals surface area contributed by atoms with Gasteiger partial charge < -0.3 is 5.32 Å². The summed E-state index contributed by atoms with van der Waals surface area (Å²) in [5.41, 5.74) is -0.0868. The van der Waals surface area contributed by atoms with Gasteiger partial charge in [-0.3, -0.25) is 0 Å². The van der Waals surface area contributed by atoms with E-state index in [0.29, 0.717) is 5.13 Å². The molecule has 0 aliphatic heterocycles. The van der Waals surface area contributed by atoms with Crippen molar-refractivity contribution in [2.45, 2.75) is 39.2 Å². The van der Waals surface area contributed by atoms with Gasteiger partial charge in [0.25, 0.3) is 0 Å². The number of hydrogen-bond acceptors (Lipinski definition) is 6. The fourth-order valence-electron chi connectivity index (χ4n) is 1.29. The van der Waals surface area contributed by atoms with E-state index in [4.69, 9.17) is 0 Å². The van der Waals surface area contributed by atoms with Gasteiger partial charge in [-0.25, -0.2) is 13.4 Å². The van der Waals surface area contributed by atoms with Gasteiger partial charge in [-0.05, 0) is 6.92 Å². The third-order valence-electron chi connectivity index (χ3n) is 2.02. The number of rotatable bonds is 4. The average molecular weight is 277 g/mol. The van der Waals surface area contributed by atoms with Gasteiger partial charge in [-0.15, -0.1) is 0 Å². The third-order valence-corrected chi connectivity index (χ3v) is 3.77. The minimum absolute atomic E-state index is 0.0868. The van der Waals surface area contributed by atoms with Crippen LogP contribution in [0.15, 0.2) is 0 Å². The fourth-order valence-corrected chi connectivity index (χ4v) is 3.15. The van der Waals surface area contributed by atoms with Crippen molar-refractivity contribution in [1.29, 1.82) is 0 Å². The summed E-state index contributed by atoms with van der Waals surface area (Å²) in [6.45, 7) is 7.94. The highest BCUT2D eigenvalue weighted by Gasteiger charge is 2.20. The molecule has 1 N–H and O–H groups in total. The van der Waals surface area contributed by atoms with Gasteiger partial charge in [0.15, 0.2) is 0 Å². The van der Waals surface area contributed by atoms with Crippen LogP contribution >= 0.6 is 11.5 Å². The Morgan fingerprint density at radius 3 is 2.41 bits per heavy atom. The van der Waals surface area contributed by atoms with Crippen LogP contribution in [0, 0.1) is 0 Å². The summed E-state index contributed by atoms with van der Waals surface area (Å²) in [4.78, 5) is 4.35. The molecular weight excluding hydrogens is 258 g/mol. The Hall–Kier alpha value is -0.690. The summed E-state index contributed by atoms with van der Waals surface area (Å²) in [5, 5.41) is 3.73. The molecule has 0 aliphatic rings. The minimum Gasteiger partial charge on any atom is -0.357 e. The van der Waals surface area contributed by atoms with E-state index in [1.165, 1.54) is 17.8 Å². The molecule has 0 saturated heterocycles. The average Bonchev–Trinajstić information content (AvgIpc) is 2.47. The number of anilines is 1. The zero-order chi connectivity index (χ0) is 13.3. The van der Waals surface area contributed by atoms with Crippen LogP contribution in [0.1, 0.15) is 33.5 Å². The van der Waals surface area contributed by atoms with Crippen molar-refractivity contribution in [2.75, 3.05) is 17.3 Å². The molecule has 0 saturated carbocycles. The molecule has 1 atom stereocenters. The standard InChI is InChI=1S/C10H19N3O2S2/c1-7(6-17(5,14)15)11-9-12-8(13-16-9)10(2,3)4/h7H,6H2,1-5H3,(H,11,12,13). The predicted octanol–water partition coefficient (Wildman–Crippen LogP) is 1.68. The van der Waals surface area contributed by atoms with Crippen molar-refractivity contribution in [3.63, 3.8) is 0 Å². The lowest BCUT2D eigenvalue weighted by Gasteiger charge is -2.13. The van der Waals surface area contributed by atoms with Crippen molar-refractivity contribution in [3.8, 4) is 0 Å². The van der Waals surface area contributed by atoms with E-state index in [0.717, 1.165) is 5.82 Å². The molecule has 1 aromatic rings. The normalized spacial score (nSPS) is 14.6. The van der Waals surface area contributed by atoms with Crippen molar-refractivity contribution < 1.29 is 8.42 Å². The molecule has 0 spiro atoms. The molecule has 1 rings (SSSR count). The van der Waals surface area contributed by atoms with Gasteiger partial charge >= 0.3 is 0 Å². The Balaban J connectivity index is 2.67. The summed E-state index contributed by atoms with van der Waals surface area (Å²) in [7, 11) is -2.97. The molecule has 98 valence electrons. The molecule has 0 aliphatic carbocycles. The van der Waals surface area contributed by atoms with Gasteiger partial charge in [-0.2, -0.15) is 4.37 Å². The van der Waals surface area contributed by atoms with Crippen LogP contribution in [0.25, 0.3) is 0 Å². The number of sulfone groups is 1. The first-order valence-corrected chi connectivity index (χ1v) is 8.20. The highest BCUT2D eigenvalue weighted by atomic mass is 32.2. The molecule has 7 heteroatoms. The highest BCUT2D eigenvalue weighted by molar-refractivity contribution is 7.90. The summed E-state index contributed by atoms with van der Waals surface area (Å²) in [5.74, 6) is 0.869. The summed E-state index contributed by atoms with van der Waals surface area (Å²) < 4.78 is 26.5. The molecule has 1 aromatic heterocycles. The first kappa shape index (κ1) is 14.4. The Morgan fingerprint density at radius 1 is 1.41 bits per heavy atom. The number of nitrogens with zero attached hydrogens (tertiary/aromatic N) is 2. The SMILES string of the molecule is CC(CS(C)(=O)=O)Nc1nc(C(C)(C)C)ns1. The van der Waals surface area contributed by atoms with E-state index in [2.05, 4.69) is 14.7 Å². The largest absolute Gasteiger partial charge is 0.357 e. The Labute approximate surface area is 107 Å². The molecule has 1 unspecified atom stereocenters. The summed E-state index contributed by atoms with van der Waals surface area (Å²) >= 11 is 1.26. The second-order valence-electron chi connectivity index (χ2n) is 5.31. The van der Waals surface area contributed by atoms with Crippen molar-refractivity contribution in [2.24, 2.45) is 0 Å². The lowest BCUT2D eigenvalue weighted by atomic mass is 9.96. The first-order valence-electron chi connectivity index (χ1n) is 5.36. The van der Waals surface area contributed by atoms with Crippen molar-refractivity contribution >= 4 is 26.5 Å². The number of aromatic nitrogens is 2. The molecule has 17 heavy (non-hydrogen) atoms. The van der Waals surface area contributed by atoms with E-state index < -0.39 is 9.84 Å². The third kappa shape index (κ3) is 4.99. The van der Waals surface area contributed by atoms with E-state index in [9.17, 15) is 8.42 Å². The maximum absolute atomic E-state index is 11.1. The number of hydrogen-bond donors (Lipinski definition) is 1. The second-order valence-corrected chi connectivity index (χ2v) is 8.25. The molecule has 0 radical (unpaired) electrons. The summed E-state index contributed by atoms with van der Waals surface area (Å²) in [6, 6.07) is -0.161. The molecule has 5 nitrogen and oxygen atoms in total. The minimum atomic E-state index is -2.97. The quantitative estimate of drug-likeness (QED) is 0.906. The van der Waals surface area contributed by atoms with E-state index in [-0.39, 0.29) is 17.2 Å². The summed E-state index contributed by atoms with van der Waals surface area (Å²) in [6.07, 6.45) is 1.23.